The smallest absolute Gasteiger partial charge is 0.466 e. The largest absolute Gasteiger partial charge is 0.472 e. The second kappa shape index (κ2) is 34.1. The highest BCUT2D eigenvalue weighted by Gasteiger charge is 2.26. The highest BCUT2D eigenvalue weighted by molar-refractivity contribution is 7.47. The van der Waals surface area contributed by atoms with Crippen molar-refractivity contribution in [2.24, 2.45) is 5.73 Å². The van der Waals surface area contributed by atoms with Crippen LogP contribution in [-0.4, -0.2) is 60.5 Å². The number of rotatable bonds is 36. The van der Waals surface area contributed by atoms with Crippen LogP contribution in [0.1, 0.15) is 158 Å². The summed E-state index contributed by atoms with van der Waals surface area (Å²) in [6.45, 7) is 7.70. The topological polar surface area (TPSA) is 168 Å². The zero-order valence-electron chi connectivity index (χ0n) is 35.6. The second-order valence-corrected chi connectivity index (χ2v) is 16.1. The van der Waals surface area contributed by atoms with Crippen LogP contribution in [0.4, 0.5) is 0 Å². The number of ether oxygens (including phenoxy) is 2. The molecule has 0 aliphatic heterocycles. The Bertz CT molecular complexity index is 1370. The van der Waals surface area contributed by atoms with E-state index in [1.165, 1.54) is 24.0 Å². The number of aliphatic hydroxyl groups excluding tert-OH is 1. The van der Waals surface area contributed by atoms with Gasteiger partial charge in [-0.25, -0.2) is 4.57 Å². The molecule has 11 nitrogen and oxygen atoms in total. The van der Waals surface area contributed by atoms with Gasteiger partial charge in [0, 0.05) is 32.2 Å². The van der Waals surface area contributed by atoms with Gasteiger partial charge in [-0.2, -0.15) is 0 Å². The number of esters is 2. The first-order valence-corrected chi connectivity index (χ1v) is 23.1. The fraction of sp³-hybridized carbons (Fsp3) is 0.689. The van der Waals surface area contributed by atoms with Crippen LogP contribution in [0.15, 0.2) is 53.0 Å². The Labute approximate surface area is 344 Å². The summed E-state index contributed by atoms with van der Waals surface area (Å²) < 4.78 is 38.8. The van der Waals surface area contributed by atoms with E-state index in [4.69, 9.17) is 28.7 Å². The lowest BCUT2D eigenvalue weighted by atomic mass is 10.0. The predicted octanol–water partition coefficient (Wildman–Crippen LogP) is 10.6. The van der Waals surface area contributed by atoms with Crippen LogP contribution in [0, 0.1) is 13.8 Å². The Balaban J connectivity index is 2.30. The average Bonchev–Trinajstić information content (AvgIpc) is 3.45. The number of furan rings is 1. The molecule has 0 amide bonds. The molecule has 0 aliphatic rings. The van der Waals surface area contributed by atoms with Crippen molar-refractivity contribution in [2.75, 3.05) is 26.4 Å². The Hall–Kier alpha value is -2.79. The molecular weight excluding hydrogens is 745 g/mol. The molecular formula is C45H76NO10P. The van der Waals surface area contributed by atoms with Gasteiger partial charge in [-0.3, -0.25) is 18.6 Å². The van der Waals surface area contributed by atoms with E-state index in [2.05, 4.69) is 52.0 Å². The van der Waals surface area contributed by atoms with Crippen LogP contribution in [0.5, 0.6) is 0 Å². The van der Waals surface area contributed by atoms with Crippen molar-refractivity contribution in [3.8, 4) is 0 Å². The molecule has 1 aromatic rings. The van der Waals surface area contributed by atoms with E-state index in [0.29, 0.717) is 19.3 Å². The van der Waals surface area contributed by atoms with E-state index in [9.17, 15) is 24.2 Å². The van der Waals surface area contributed by atoms with Gasteiger partial charge in [-0.15, -0.1) is 0 Å². The van der Waals surface area contributed by atoms with Crippen molar-refractivity contribution in [1.82, 2.24) is 0 Å². The van der Waals surface area contributed by atoms with Gasteiger partial charge >= 0.3 is 19.8 Å². The molecule has 1 rings (SSSR count). The fourth-order valence-electron chi connectivity index (χ4n) is 5.99. The Morgan fingerprint density at radius 3 is 1.93 bits per heavy atom. The normalized spacial score (nSPS) is 14.3. The van der Waals surface area contributed by atoms with Crippen molar-refractivity contribution in [3.05, 3.63) is 71.3 Å². The molecule has 326 valence electrons. The molecule has 1 heterocycles. The zero-order valence-corrected chi connectivity index (χ0v) is 36.5. The third-order valence-electron chi connectivity index (χ3n) is 9.46. The number of phosphoric ester groups is 1. The molecule has 0 saturated carbocycles. The summed E-state index contributed by atoms with van der Waals surface area (Å²) in [4.78, 5) is 34.9. The summed E-state index contributed by atoms with van der Waals surface area (Å²) in [5, 5.41) is 9.81. The minimum absolute atomic E-state index is 0.0301. The summed E-state index contributed by atoms with van der Waals surface area (Å²) >= 11 is 0. The van der Waals surface area contributed by atoms with Gasteiger partial charge in [0.15, 0.2) is 6.10 Å². The van der Waals surface area contributed by atoms with E-state index in [0.717, 1.165) is 101 Å². The van der Waals surface area contributed by atoms with Crippen LogP contribution in [0.3, 0.4) is 0 Å². The third-order valence-corrected chi connectivity index (χ3v) is 10.4. The van der Waals surface area contributed by atoms with E-state index in [-0.39, 0.29) is 38.7 Å². The van der Waals surface area contributed by atoms with Crippen molar-refractivity contribution in [3.63, 3.8) is 0 Å². The molecule has 57 heavy (non-hydrogen) atoms. The summed E-state index contributed by atoms with van der Waals surface area (Å²) in [5.74, 6) is 1.34. The quantitative estimate of drug-likeness (QED) is 0.0255. The van der Waals surface area contributed by atoms with Gasteiger partial charge in [0.2, 0.25) is 0 Å². The van der Waals surface area contributed by atoms with Crippen molar-refractivity contribution in [2.45, 2.75) is 175 Å². The molecule has 12 heteroatoms. The maximum Gasteiger partial charge on any atom is 0.472 e. The Morgan fingerprint density at radius 2 is 1.30 bits per heavy atom. The number of phosphoric acid groups is 1. The van der Waals surface area contributed by atoms with Gasteiger partial charge in [0.1, 0.15) is 18.1 Å². The molecule has 0 aromatic carbocycles. The molecule has 3 atom stereocenters. The standard InChI is InChI=1S/C45H76NO10P/c1-5-7-29-40(47)30-24-20-16-12-10-8-9-11-13-19-23-27-33-45(49)55-41(37-54-57(50,51)53-35-34-46)36-52-44(48)32-26-22-18-15-14-17-21-25-31-43-39(4)38(3)42(56-43)28-6-2/h8-9,12-13,16,19,24,30,40-41,47H,5-7,10-11,14-15,17-18,20-23,25-29,31-37,46H2,1-4H3,(H,50,51)/b9-8-,16-12-,19-13-,30-24-/t40-,41-/m1/s1. The van der Waals surface area contributed by atoms with Crippen molar-refractivity contribution >= 4 is 19.8 Å². The van der Waals surface area contributed by atoms with Crippen molar-refractivity contribution < 1.29 is 47.1 Å². The molecule has 0 saturated heterocycles. The molecule has 4 N–H and O–H groups in total. The first-order valence-electron chi connectivity index (χ1n) is 21.6. The summed E-state index contributed by atoms with van der Waals surface area (Å²) in [7, 11) is -4.41. The number of hydrogen-bond donors (Lipinski definition) is 3. The predicted molar refractivity (Wildman–Crippen MR) is 229 cm³/mol. The number of nitrogens with two attached hydrogens (primary N) is 1. The van der Waals surface area contributed by atoms with Crippen molar-refractivity contribution in [1.29, 1.82) is 0 Å². The lowest BCUT2D eigenvalue weighted by Gasteiger charge is -2.19. The highest BCUT2D eigenvalue weighted by atomic mass is 31.2. The molecule has 0 radical (unpaired) electrons. The van der Waals surface area contributed by atoms with Crippen LogP contribution < -0.4 is 5.73 Å². The van der Waals surface area contributed by atoms with E-state index >= 15 is 0 Å². The molecule has 0 spiro atoms. The number of carbonyl (C=O) groups excluding carboxylic acids is 2. The monoisotopic (exact) mass is 822 g/mol. The maximum atomic E-state index is 12.6. The zero-order chi connectivity index (χ0) is 42.0. The summed E-state index contributed by atoms with van der Waals surface area (Å²) in [6.07, 6.45) is 33.3. The SMILES string of the molecule is CCCC[C@@H](O)/C=C\C/C=C\C/C=C\C/C=C\CCCC(=O)O[C@H](COC(=O)CCCCCCCCCCc1oc(CCC)c(C)c1C)COP(=O)(O)OCCN. The minimum Gasteiger partial charge on any atom is -0.466 e. The van der Waals surface area contributed by atoms with Crippen LogP contribution in [0.2, 0.25) is 0 Å². The van der Waals surface area contributed by atoms with Gasteiger partial charge in [0.25, 0.3) is 0 Å². The number of aliphatic hydroxyl groups is 1. The Kier molecular flexibility index (Phi) is 31.3. The first kappa shape index (κ1) is 52.2. The van der Waals surface area contributed by atoms with Gasteiger partial charge in [0.05, 0.1) is 19.3 Å². The number of hydrogen-bond acceptors (Lipinski definition) is 10. The number of carbonyl (C=O) groups is 2. The van der Waals surface area contributed by atoms with Crippen LogP contribution >= 0.6 is 7.82 Å². The Morgan fingerprint density at radius 1 is 0.719 bits per heavy atom. The minimum atomic E-state index is -4.41. The fourth-order valence-corrected chi connectivity index (χ4v) is 6.75. The van der Waals surface area contributed by atoms with Gasteiger partial charge < -0.3 is 29.6 Å². The number of aryl methyl sites for hydroxylation is 2. The number of unbranched alkanes of at least 4 members (excludes halogenated alkanes) is 9. The second-order valence-electron chi connectivity index (χ2n) is 14.6. The maximum absolute atomic E-state index is 12.6. The first-order chi connectivity index (χ1) is 27.5. The molecule has 1 aromatic heterocycles. The van der Waals surface area contributed by atoms with Crippen LogP contribution in [0.25, 0.3) is 0 Å². The molecule has 0 fully saturated rings. The van der Waals surface area contributed by atoms with Gasteiger partial charge in [-0.1, -0.05) is 114 Å². The van der Waals surface area contributed by atoms with Gasteiger partial charge in [-0.05, 0) is 82.8 Å². The van der Waals surface area contributed by atoms with E-state index < -0.39 is 32.5 Å². The summed E-state index contributed by atoms with van der Waals surface area (Å²) in [6, 6.07) is 0. The summed E-state index contributed by atoms with van der Waals surface area (Å²) in [5.41, 5.74) is 7.96. The molecule has 1 unspecified atom stereocenters. The number of allylic oxidation sites excluding steroid dienone is 7. The lowest BCUT2D eigenvalue weighted by molar-refractivity contribution is -0.161. The lowest BCUT2D eigenvalue weighted by Crippen LogP contribution is -2.29. The van der Waals surface area contributed by atoms with Crippen LogP contribution in [-0.2, 0) is 45.5 Å². The van der Waals surface area contributed by atoms with E-state index in [1.54, 1.807) is 0 Å². The molecule has 0 aliphatic carbocycles. The highest BCUT2D eigenvalue weighted by Crippen LogP contribution is 2.43. The molecule has 0 bridgehead atoms. The third kappa shape index (κ3) is 28.3. The average molecular weight is 822 g/mol. The van der Waals surface area contributed by atoms with E-state index in [1.807, 2.05) is 24.3 Å².